The molecule has 2 aromatic carbocycles. The van der Waals surface area contributed by atoms with Crippen molar-refractivity contribution >= 4 is 36.9 Å². The maximum Gasteiger partial charge on any atom is 0.295 e. The van der Waals surface area contributed by atoms with E-state index in [9.17, 15) is 25.9 Å². The Balaban J connectivity index is 2.17. The van der Waals surface area contributed by atoms with Crippen LogP contribution in [-0.2, 0) is 20.2 Å². The summed E-state index contributed by atoms with van der Waals surface area (Å²) >= 11 is 0. The van der Waals surface area contributed by atoms with E-state index in [0.29, 0.717) is 39.8 Å². The molecular formula is C25H26N2O7S2. The average Bonchev–Trinajstić information content (AvgIpc) is 2.82. The van der Waals surface area contributed by atoms with Gasteiger partial charge in [0.25, 0.3) is 20.2 Å². The van der Waals surface area contributed by atoms with Crippen molar-refractivity contribution in [1.29, 1.82) is 0 Å². The molecule has 0 unspecified atom stereocenters. The summed E-state index contributed by atoms with van der Waals surface area (Å²) in [5.74, 6) is 0.434. The molecule has 0 amide bonds. The Morgan fingerprint density at radius 2 is 1.53 bits per heavy atom. The standard InChI is InChI=1S/C25H26N2O7S2/c1-4-26-16-7-10-19-22(13-16)34-23-14-17(27(5-2)6-3)8-11-20(23)25(19)21-12-9-18(35(28,29)30)15-24(21)36(31,32)33/h7-15H,4-6H2,1-3H3,(H,28,29,30)(H,31,32,33). The summed E-state index contributed by atoms with van der Waals surface area (Å²) in [6, 6.07) is 13.9. The fourth-order valence-electron chi connectivity index (χ4n) is 4.31. The second-order valence-corrected chi connectivity index (χ2v) is 10.9. The van der Waals surface area contributed by atoms with Crippen LogP contribution < -0.4 is 10.3 Å². The number of nitrogens with zero attached hydrogens (tertiary/aromatic N) is 2. The average molecular weight is 531 g/mol. The summed E-state index contributed by atoms with van der Waals surface area (Å²) in [5, 5.41) is 1.23. The van der Waals surface area contributed by atoms with Crippen molar-refractivity contribution in [2.24, 2.45) is 4.99 Å². The van der Waals surface area contributed by atoms with Gasteiger partial charge in [-0.15, -0.1) is 0 Å². The Labute approximate surface area is 209 Å². The summed E-state index contributed by atoms with van der Waals surface area (Å²) in [6.07, 6.45) is 0. The Morgan fingerprint density at radius 1 is 0.833 bits per heavy atom. The van der Waals surface area contributed by atoms with E-state index in [1.165, 1.54) is 6.07 Å². The molecule has 0 spiro atoms. The van der Waals surface area contributed by atoms with Gasteiger partial charge in [0.15, 0.2) is 0 Å². The minimum Gasteiger partial charge on any atom is -0.456 e. The van der Waals surface area contributed by atoms with E-state index in [0.717, 1.165) is 30.9 Å². The van der Waals surface area contributed by atoms with Crippen molar-refractivity contribution in [1.82, 2.24) is 0 Å². The lowest BCUT2D eigenvalue weighted by Crippen LogP contribution is -2.21. The molecule has 1 aliphatic heterocycles. The normalized spacial score (nSPS) is 13.0. The summed E-state index contributed by atoms with van der Waals surface area (Å²) in [6.45, 7) is 8.06. The van der Waals surface area contributed by atoms with E-state index >= 15 is 0 Å². The molecule has 4 rings (SSSR count). The SMILES string of the molecule is CCN=c1ccc2c(-c3ccc(S(=O)(=O)O)cc3S(=O)(=O)O)c3ccc(N(CC)CC)cc3oc-2c1. The molecule has 2 N–H and O–H groups in total. The van der Waals surface area contributed by atoms with Crippen LogP contribution >= 0.6 is 0 Å². The first kappa shape index (κ1) is 25.8. The Morgan fingerprint density at radius 3 is 2.14 bits per heavy atom. The lowest BCUT2D eigenvalue weighted by Gasteiger charge is -2.22. The highest BCUT2D eigenvalue weighted by Gasteiger charge is 2.26. The highest BCUT2D eigenvalue weighted by Crippen LogP contribution is 2.43. The second kappa shape index (κ2) is 9.66. The highest BCUT2D eigenvalue weighted by atomic mass is 32.2. The van der Waals surface area contributed by atoms with Crippen LogP contribution in [0, 0.1) is 0 Å². The molecule has 0 saturated carbocycles. The van der Waals surface area contributed by atoms with Crippen molar-refractivity contribution in [3.63, 3.8) is 0 Å². The van der Waals surface area contributed by atoms with Gasteiger partial charge in [-0.25, -0.2) is 0 Å². The third-order valence-corrected chi connectivity index (χ3v) is 7.70. The fourth-order valence-corrected chi connectivity index (χ4v) is 5.61. The lowest BCUT2D eigenvalue weighted by atomic mass is 9.93. The van der Waals surface area contributed by atoms with Gasteiger partial charge in [-0.3, -0.25) is 14.1 Å². The molecule has 2 aliphatic rings. The van der Waals surface area contributed by atoms with Crippen LogP contribution in [0.2, 0.25) is 0 Å². The largest absolute Gasteiger partial charge is 0.456 e. The topological polar surface area (TPSA) is 137 Å². The molecule has 0 atom stereocenters. The van der Waals surface area contributed by atoms with Crippen LogP contribution in [0.25, 0.3) is 33.4 Å². The lowest BCUT2D eigenvalue weighted by molar-refractivity contribution is 0.481. The third-order valence-electron chi connectivity index (χ3n) is 5.96. The zero-order valence-electron chi connectivity index (χ0n) is 20.0. The smallest absolute Gasteiger partial charge is 0.295 e. The molecule has 0 fully saturated rings. The van der Waals surface area contributed by atoms with Crippen molar-refractivity contribution < 1.29 is 30.4 Å². The van der Waals surface area contributed by atoms with Crippen LogP contribution in [0.15, 0.2) is 73.8 Å². The van der Waals surface area contributed by atoms with Crippen LogP contribution in [0.3, 0.4) is 0 Å². The van der Waals surface area contributed by atoms with Gasteiger partial charge in [0.2, 0.25) is 0 Å². The quantitative estimate of drug-likeness (QED) is 0.264. The van der Waals surface area contributed by atoms with Crippen molar-refractivity contribution in [2.45, 2.75) is 30.6 Å². The second-order valence-electron chi connectivity index (χ2n) is 8.09. The summed E-state index contributed by atoms with van der Waals surface area (Å²) < 4.78 is 73.8. The summed E-state index contributed by atoms with van der Waals surface area (Å²) in [7, 11) is -9.60. The van der Waals surface area contributed by atoms with Gasteiger partial charge in [-0.2, -0.15) is 16.8 Å². The number of anilines is 1. The Kier molecular flexibility index (Phi) is 6.93. The summed E-state index contributed by atoms with van der Waals surface area (Å²) in [4.78, 5) is 5.24. The minimum absolute atomic E-state index is 0.0615. The van der Waals surface area contributed by atoms with E-state index in [4.69, 9.17) is 4.42 Å². The van der Waals surface area contributed by atoms with Crippen molar-refractivity contribution in [3.8, 4) is 22.5 Å². The van der Waals surface area contributed by atoms with Crippen LogP contribution in [0.5, 0.6) is 0 Å². The first-order chi connectivity index (χ1) is 17.0. The molecule has 9 nitrogen and oxygen atoms in total. The van der Waals surface area contributed by atoms with E-state index in [-0.39, 0.29) is 5.56 Å². The monoisotopic (exact) mass is 530 g/mol. The molecule has 11 heteroatoms. The molecule has 190 valence electrons. The van der Waals surface area contributed by atoms with E-state index < -0.39 is 30.0 Å². The third kappa shape index (κ3) is 4.87. The van der Waals surface area contributed by atoms with Gasteiger partial charge in [0, 0.05) is 59.5 Å². The fraction of sp³-hybridized carbons (Fsp3) is 0.240. The van der Waals surface area contributed by atoms with Gasteiger partial charge in [0.1, 0.15) is 16.2 Å². The zero-order chi connectivity index (χ0) is 26.3. The highest BCUT2D eigenvalue weighted by molar-refractivity contribution is 7.86. The van der Waals surface area contributed by atoms with Gasteiger partial charge in [-0.1, -0.05) is 6.07 Å². The van der Waals surface area contributed by atoms with Crippen LogP contribution in [-0.4, -0.2) is 45.6 Å². The van der Waals surface area contributed by atoms with Gasteiger partial charge in [-0.05, 0) is 57.2 Å². The Hall–Kier alpha value is -3.25. The van der Waals surface area contributed by atoms with Crippen LogP contribution in [0.1, 0.15) is 20.8 Å². The minimum atomic E-state index is -4.88. The van der Waals surface area contributed by atoms with E-state index in [1.54, 1.807) is 24.3 Å². The van der Waals surface area contributed by atoms with Crippen LogP contribution in [0.4, 0.5) is 5.69 Å². The molecule has 0 saturated heterocycles. The number of rotatable bonds is 7. The molecule has 0 radical (unpaired) electrons. The van der Waals surface area contributed by atoms with Gasteiger partial charge >= 0.3 is 0 Å². The number of hydrogen-bond acceptors (Lipinski definition) is 7. The number of hydrogen-bond donors (Lipinski definition) is 2. The van der Waals surface area contributed by atoms with E-state index in [2.05, 4.69) is 9.89 Å². The molecule has 36 heavy (non-hydrogen) atoms. The van der Waals surface area contributed by atoms with Gasteiger partial charge < -0.3 is 9.32 Å². The maximum absolute atomic E-state index is 12.4. The predicted molar refractivity (Wildman–Crippen MR) is 138 cm³/mol. The predicted octanol–water partition coefficient (Wildman–Crippen LogP) is 4.46. The molecule has 1 heterocycles. The number of benzene rings is 3. The zero-order valence-corrected chi connectivity index (χ0v) is 21.6. The first-order valence-electron chi connectivity index (χ1n) is 11.3. The van der Waals surface area contributed by atoms with E-state index in [1.807, 2.05) is 32.9 Å². The van der Waals surface area contributed by atoms with Crippen molar-refractivity contribution in [3.05, 3.63) is 60.0 Å². The maximum atomic E-state index is 12.4. The molecule has 0 bridgehead atoms. The van der Waals surface area contributed by atoms with Crippen molar-refractivity contribution in [2.75, 3.05) is 24.5 Å². The summed E-state index contributed by atoms with van der Waals surface area (Å²) in [5.41, 5.74) is 2.40. The molecule has 2 aromatic rings. The first-order valence-corrected chi connectivity index (χ1v) is 14.2. The van der Waals surface area contributed by atoms with Gasteiger partial charge in [0.05, 0.1) is 10.3 Å². The molecule has 0 aromatic heterocycles. The molecule has 1 aliphatic carbocycles. The Bertz CT molecular complexity index is 1700. The molecular weight excluding hydrogens is 504 g/mol. The number of fused-ring (bicyclic) bond motifs is 2.